The van der Waals surface area contributed by atoms with Crippen LogP contribution < -0.4 is 9.64 Å². The highest BCUT2D eigenvalue weighted by Gasteiger charge is 2.30. The zero-order valence-corrected chi connectivity index (χ0v) is 19.4. The summed E-state index contributed by atoms with van der Waals surface area (Å²) in [6.07, 6.45) is 8.63. The van der Waals surface area contributed by atoms with Crippen LogP contribution in [0.3, 0.4) is 0 Å². The Labute approximate surface area is 193 Å². The number of nitrogens with zero attached hydrogens (tertiary/aromatic N) is 5. The van der Waals surface area contributed by atoms with Gasteiger partial charge < -0.3 is 14.6 Å². The van der Waals surface area contributed by atoms with Crippen LogP contribution in [-0.4, -0.2) is 38.1 Å². The lowest BCUT2D eigenvalue weighted by Gasteiger charge is -2.33. The number of aromatic nitrogens is 5. The highest BCUT2D eigenvalue weighted by molar-refractivity contribution is 5.91. The van der Waals surface area contributed by atoms with E-state index in [0.29, 0.717) is 6.61 Å². The number of H-pyrrole nitrogens is 1. The number of hydrogen-bond acceptors (Lipinski definition) is 6. The Kier molecular flexibility index (Phi) is 4.60. The van der Waals surface area contributed by atoms with Crippen LogP contribution in [0.4, 0.5) is 5.82 Å². The second kappa shape index (κ2) is 7.54. The van der Waals surface area contributed by atoms with Crippen LogP contribution in [0.1, 0.15) is 42.9 Å². The molecule has 1 aliphatic carbocycles. The molecule has 4 heterocycles. The lowest BCUT2D eigenvalue weighted by atomic mass is 9.76. The molecule has 0 fully saturated rings. The normalized spacial score (nSPS) is 17.2. The molecule has 7 nitrogen and oxygen atoms in total. The van der Waals surface area contributed by atoms with Gasteiger partial charge in [-0.25, -0.2) is 15.0 Å². The quantitative estimate of drug-likeness (QED) is 0.489. The van der Waals surface area contributed by atoms with E-state index in [1.54, 1.807) is 6.33 Å². The van der Waals surface area contributed by atoms with Crippen molar-refractivity contribution in [3.63, 3.8) is 0 Å². The third kappa shape index (κ3) is 3.61. The number of anilines is 1. The van der Waals surface area contributed by atoms with Gasteiger partial charge in [0, 0.05) is 35.1 Å². The van der Waals surface area contributed by atoms with Crippen LogP contribution in [0.15, 0.2) is 36.9 Å². The number of imidazole rings is 1. The molecule has 0 radical (unpaired) electrons. The molecule has 0 spiro atoms. The molecular formula is C26H28N6O. The Hall–Kier alpha value is -3.48. The molecule has 1 N–H and O–H groups in total. The average molecular weight is 441 g/mol. The van der Waals surface area contributed by atoms with E-state index in [-0.39, 0.29) is 5.41 Å². The van der Waals surface area contributed by atoms with Crippen molar-refractivity contribution in [1.82, 2.24) is 24.9 Å². The fraction of sp³-hybridized carbons (Fsp3) is 0.385. The Balaban J connectivity index is 1.39. The SMILES string of the molecule is Cc1nc2c(-c3ccc4c(c3)CN(c3ncnc5c3CC(C)(C)CC5)CCO4)cncc2[nH]1. The minimum Gasteiger partial charge on any atom is -0.491 e. The molecule has 3 aromatic heterocycles. The van der Waals surface area contributed by atoms with Crippen LogP contribution in [0.5, 0.6) is 5.75 Å². The van der Waals surface area contributed by atoms with Crippen LogP contribution in [0.2, 0.25) is 0 Å². The zero-order chi connectivity index (χ0) is 22.6. The van der Waals surface area contributed by atoms with Crippen molar-refractivity contribution in [3.8, 4) is 16.9 Å². The summed E-state index contributed by atoms with van der Waals surface area (Å²) in [5.74, 6) is 2.88. The molecular weight excluding hydrogens is 412 g/mol. The Bertz CT molecular complexity index is 1360. The van der Waals surface area contributed by atoms with Gasteiger partial charge in [0.05, 0.1) is 23.8 Å². The number of aromatic amines is 1. The van der Waals surface area contributed by atoms with Gasteiger partial charge in [0.2, 0.25) is 0 Å². The van der Waals surface area contributed by atoms with Gasteiger partial charge in [-0.3, -0.25) is 4.98 Å². The number of rotatable bonds is 2. The highest BCUT2D eigenvalue weighted by Crippen LogP contribution is 2.39. The fourth-order valence-electron chi connectivity index (χ4n) is 5.14. The molecule has 1 aromatic carbocycles. The predicted molar refractivity (Wildman–Crippen MR) is 128 cm³/mol. The molecule has 0 saturated heterocycles. The average Bonchev–Trinajstić information content (AvgIpc) is 3.05. The van der Waals surface area contributed by atoms with E-state index in [2.05, 4.69) is 51.9 Å². The number of fused-ring (bicyclic) bond motifs is 3. The van der Waals surface area contributed by atoms with E-state index in [4.69, 9.17) is 14.7 Å². The van der Waals surface area contributed by atoms with Crippen molar-refractivity contribution in [3.05, 3.63) is 59.6 Å². The van der Waals surface area contributed by atoms with Crippen molar-refractivity contribution in [1.29, 1.82) is 0 Å². The van der Waals surface area contributed by atoms with Crippen molar-refractivity contribution in [2.75, 3.05) is 18.1 Å². The summed E-state index contributed by atoms with van der Waals surface area (Å²) in [5.41, 5.74) is 7.93. The molecule has 4 aromatic rings. The van der Waals surface area contributed by atoms with Crippen LogP contribution >= 0.6 is 0 Å². The molecule has 7 heteroatoms. The predicted octanol–water partition coefficient (Wildman–Crippen LogP) is 4.64. The molecule has 2 aliphatic rings. The molecule has 0 atom stereocenters. The number of benzene rings is 1. The summed E-state index contributed by atoms with van der Waals surface area (Å²) in [6.45, 7) is 8.82. The molecule has 0 saturated carbocycles. The van der Waals surface area contributed by atoms with E-state index in [1.165, 1.54) is 11.3 Å². The first kappa shape index (κ1) is 20.1. The van der Waals surface area contributed by atoms with Crippen molar-refractivity contribution < 1.29 is 4.74 Å². The second-order valence-electron chi connectivity index (χ2n) is 9.96. The second-order valence-corrected chi connectivity index (χ2v) is 9.96. The van der Waals surface area contributed by atoms with Gasteiger partial charge in [0.1, 0.15) is 30.3 Å². The lowest BCUT2D eigenvalue weighted by Crippen LogP contribution is -2.31. The third-order valence-electron chi connectivity index (χ3n) is 6.87. The fourth-order valence-corrected chi connectivity index (χ4v) is 5.14. The van der Waals surface area contributed by atoms with Crippen molar-refractivity contribution in [2.45, 2.75) is 46.6 Å². The Morgan fingerprint density at radius 3 is 2.97 bits per heavy atom. The minimum atomic E-state index is 0.271. The van der Waals surface area contributed by atoms with Gasteiger partial charge in [-0.15, -0.1) is 0 Å². The van der Waals surface area contributed by atoms with Crippen molar-refractivity contribution >= 4 is 16.9 Å². The Morgan fingerprint density at radius 2 is 2.06 bits per heavy atom. The number of hydrogen-bond donors (Lipinski definition) is 1. The highest BCUT2D eigenvalue weighted by atomic mass is 16.5. The summed E-state index contributed by atoms with van der Waals surface area (Å²) in [7, 11) is 0. The maximum atomic E-state index is 6.15. The minimum absolute atomic E-state index is 0.271. The van der Waals surface area contributed by atoms with Gasteiger partial charge in [0.25, 0.3) is 0 Å². The Morgan fingerprint density at radius 1 is 1.15 bits per heavy atom. The van der Waals surface area contributed by atoms with E-state index >= 15 is 0 Å². The van der Waals surface area contributed by atoms with E-state index in [9.17, 15) is 0 Å². The van der Waals surface area contributed by atoms with Crippen molar-refractivity contribution in [2.24, 2.45) is 5.41 Å². The lowest BCUT2D eigenvalue weighted by molar-refractivity contribution is 0.310. The largest absolute Gasteiger partial charge is 0.491 e. The zero-order valence-electron chi connectivity index (χ0n) is 19.4. The standard InChI is InChI=1S/C26H28N6O/c1-16-30-22-13-27-12-20(24(22)31-16)17-4-5-23-18(10-17)14-32(8-9-33-23)25-19-11-26(2,3)7-6-21(19)28-15-29-25/h4-5,10,12-13,15H,6-9,11,14H2,1-3H3,(H,30,31). The maximum Gasteiger partial charge on any atom is 0.135 e. The number of nitrogens with one attached hydrogen (secondary N) is 1. The first-order chi connectivity index (χ1) is 16.0. The third-order valence-corrected chi connectivity index (χ3v) is 6.87. The molecule has 6 rings (SSSR count). The summed E-state index contributed by atoms with van der Waals surface area (Å²) in [6, 6.07) is 6.39. The van der Waals surface area contributed by atoms with Gasteiger partial charge >= 0.3 is 0 Å². The maximum absolute atomic E-state index is 6.15. The van der Waals surface area contributed by atoms with Gasteiger partial charge in [-0.1, -0.05) is 19.9 Å². The number of pyridine rings is 1. The van der Waals surface area contributed by atoms with Crippen LogP contribution in [0, 0.1) is 12.3 Å². The smallest absolute Gasteiger partial charge is 0.135 e. The molecule has 0 unspecified atom stereocenters. The molecule has 0 amide bonds. The van der Waals surface area contributed by atoms with Crippen LogP contribution in [-0.2, 0) is 19.4 Å². The summed E-state index contributed by atoms with van der Waals surface area (Å²) < 4.78 is 6.15. The monoisotopic (exact) mass is 440 g/mol. The topological polar surface area (TPSA) is 79.8 Å². The molecule has 168 valence electrons. The van der Waals surface area contributed by atoms with E-state index in [0.717, 1.165) is 77.5 Å². The first-order valence-corrected chi connectivity index (χ1v) is 11.6. The van der Waals surface area contributed by atoms with Gasteiger partial charge in [-0.2, -0.15) is 0 Å². The van der Waals surface area contributed by atoms with Crippen LogP contribution in [0.25, 0.3) is 22.2 Å². The number of aryl methyl sites for hydroxylation is 2. The summed E-state index contributed by atoms with van der Waals surface area (Å²) in [5, 5.41) is 0. The molecule has 1 aliphatic heterocycles. The molecule has 0 bridgehead atoms. The molecule has 33 heavy (non-hydrogen) atoms. The summed E-state index contributed by atoms with van der Waals surface area (Å²) >= 11 is 0. The first-order valence-electron chi connectivity index (χ1n) is 11.6. The van der Waals surface area contributed by atoms with E-state index in [1.807, 2.05) is 19.3 Å². The summed E-state index contributed by atoms with van der Waals surface area (Å²) in [4.78, 5) is 24.1. The van der Waals surface area contributed by atoms with E-state index < -0.39 is 0 Å². The van der Waals surface area contributed by atoms with Gasteiger partial charge in [0.15, 0.2) is 0 Å². The number of ether oxygens (including phenoxy) is 1. The van der Waals surface area contributed by atoms with Gasteiger partial charge in [-0.05, 0) is 49.3 Å².